The van der Waals surface area contributed by atoms with Gasteiger partial charge in [0.15, 0.2) is 0 Å². The number of halogens is 2. The summed E-state index contributed by atoms with van der Waals surface area (Å²) in [6.07, 6.45) is 0. The molecule has 0 spiro atoms. The third-order valence-electron chi connectivity index (χ3n) is 6.25. The number of amides is 1. The van der Waals surface area contributed by atoms with Gasteiger partial charge in [-0.3, -0.25) is 19.4 Å². The number of para-hydroxylation sites is 1. The van der Waals surface area contributed by atoms with E-state index in [4.69, 9.17) is 11.6 Å². The van der Waals surface area contributed by atoms with Gasteiger partial charge in [-0.25, -0.2) is 9.37 Å². The number of carbonyl (C=O) groups is 1. The molecule has 0 radical (unpaired) electrons. The van der Waals surface area contributed by atoms with Crippen LogP contribution in [0, 0.1) is 5.82 Å². The Kier molecular flexibility index (Phi) is 7.60. The van der Waals surface area contributed by atoms with Crippen molar-refractivity contribution in [3.8, 4) is 0 Å². The fraction of sp³-hybridized carbons (Fsp3) is 0.400. The minimum Gasteiger partial charge on any atom is -0.339 e. The van der Waals surface area contributed by atoms with Crippen molar-refractivity contribution in [1.82, 2.24) is 24.7 Å². The summed E-state index contributed by atoms with van der Waals surface area (Å²) in [7, 11) is 0. The summed E-state index contributed by atoms with van der Waals surface area (Å²) in [6.45, 7) is 7.50. The number of aromatic nitrogens is 2. The Bertz CT molecular complexity index is 1200. The second kappa shape index (κ2) is 10.6. The molecule has 180 valence electrons. The zero-order valence-corrected chi connectivity index (χ0v) is 20.2. The Labute approximate surface area is 203 Å². The molecule has 34 heavy (non-hydrogen) atoms. The van der Waals surface area contributed by atoms with Crippen molar-refractivity contribution in [2.75, 3.05) is 32.7 Å². The lowest BCUT2D eigenvalue weighted by Gasteiger charge is -2.36. The third-order valence-corrected chi connectivity index (χ3v) is 6.61. The smallest absolute Gasteiger partial charge is 0.258 e. The quantitative estimate of drug-likeness (QED) is 0.556. The van der Waals surface area contributed by atoms with Crippen LogP contribution in [0.4, 0.5) is 4.39 Å². The molecule has 0 unspecified atom stereocenters. The minimum atomic E-state index is -0.307. The number of benzene rings is 2. The van der Waals surface area contributed by atoms with Gasteiger partial charge in [-0.2, -0.15) is 0 Å². The van der Waals surface area contributed by atoms with Crippen LogP contribution in [-0.2, 0) is 17.9 Å². The van der Waals surface area contributed by atoms with Crippen molar-refractivity contribution in [2.45, 2.75) is 33.0 Å². The van der Waals surface area contributed by atoms with E-state index in [-0.39, 0.29) is 29.9 Å². The highest BCUT2D eigenvalue weighted by Crippen LogP contribution is 2.21. The van der Waals surface area contributed by atoms with Crippen LogP contribution >= 0.6 is 11.6 Å². The van der Waals surface area contributed by atoms with Gasteiger partial charge in [0.25, 0.3) is 5.56 Å². The van der Waals surface area contributed by atoms with E-state index in [0.717, 1.165) is 0 Å². The number of fused-ring (bicyclic) bond motifs is 1. The molecule has 9 heteroatoms. The summed E-state index contributed by atoms with van der Waals surface area (Å²) in [5.74, 6) is 0.260. The molecule has 1 aliphatic rings. The Balaban J connectivity index is 1.36. The van der Waals surface area contributed by atoms with Gasteiger partial charge < -0.3 is 9.88 Å². The molecule has 2 aromatic carbocycles. The molecule has 1 aromatic heterocycles. The number of carbonyl (C=O) groups excluding carboxylic acids is 1. The molecule has 1 saturated heterocycles. The molecule has 1 aliphatic heterocycles. The van der Waals surface area contributed by atoms with E-state index in [2.05, 4.69) is 14.9 Å². The average molecular weight is 486 g/mol. The Morgan fingerprint density at radius 3 is 2.59 bits per heavy atom. The predicted molar refractivity (Wildman–Crippen MR) is 131 cm³/mol. The second-order valence-electron chi connectivity index (χ2n) is 8.89. The first-order valence-electron chi connectivity index (χ1n) is 11.5. The number of nitrogens with zero attached hydrogens (tertiary/aromatic N) is 4. The lowest BCUT2D eigenvalue weighted by molar-refractivity contribution is -0.134. The van der Waals surface area contributed by atoms with E-state index in [1.807, 2.05) is 41.8 Å². The van der Waals surface area contributed by atoms with E-state index in [0.29, 0.717) is 66.6 Å². The van der Waals surface area contributed by atoms with E-state index in [1.54, 1.807) is 18.2 Å². The lowest BCUT2D eigenvalue weighted by atomic mass is 10.1. The highest BCUT2D eigenvalue weighted by molar-refractivity contribution is 6.31. The molecular formula is C25H29ClFN5O2. The van der Waals surface area contributed by atoms with Crippen molar-refractivity contribution in [3.05, 3.63) is 75.0 Å². The van der Waals surface area contributed by atoms with E-state index in [1.165, 1.54) is 6.07 Å². The topological polar surface area (TPSA) is 72.5 Å². The minimum absolute atomic E-state index is 0.0282. The fourth-order valence-electron chi connectivity index (χ4n) is 4.16. The Morgan fingerprint density at radius 2 is 1.88 bits per heavy atom. The number of piperazine rings is 1. The molecule has 1 fully saturated rings. The van der Waals surface area contributed by atoms with Gasteiger partial charge in [-0.1, -0.05) is 29.8 Å². The zero-order chi connectivity index (χ0) is 24.2. The summed E-state index contributed by atoms with van der Waals surface area (Å²) in [4.78, 5) is 38.8. The molecule has 0 saturated carbocycles. The van der Waals surface area contributed by atoms with E-state index < -0.39 is 0 Å². The fourth-order valence-corrected chi connectivity index (χ4v) is 4.38. The number of hydrogen-bond donors (Lipinski definition) is 1. The zero-order valence-electron chi connectivity index (χ0n) is 19.4. The molecule has 3 aromatic rings. The van der Waals surface area contributed by atoms with Crippen LogP contribution in [0.2, 0.25) is 5.02 Å². The maximum Gasteiger partial charge on any atom is 0.258 e. The van der Waals surface area contributed by atoms with Crippen molar-refractivity contribution in [1.29, 1.82) is 0 Å². The average Bonchev–Trinajstić information content (AvgIpc) is 2.81. The van der Waals surface area contributed by atoms with Crippen molar-refractivity contribution >= 4 is 28.4 Å². The van der Waals surface area contributed by atoms with E-state index in [9.17, 15) is 14.0 Å². The molecule has 2 heterocycles. The van der Waals surface area contributed by atoms with E-state index >= 15 is 0 Å². The Morgan fingerprint density at radius 1 is 1.15 bits per heavy atom. The lowest BCUT2D eigenvalue weighted by Crippen LogP contribution is -2.51. The van der Waals surface area contributed by atoms with Crippen LogP contribution in [0.25, 0.3) is 10.9 Å². The van der Waals surface area contributed by atoms with Crippen molar-refractivity contribution in [2.24, 2.45) is 0 Å². The molecule has 1 N–H and O–H groups in total. The predicted octanol–water partition coefficient (Wildman–Crippen LogP) is 3.27. The number of nitrogens with one attached hydrogen (secondary N) is 1. The molecule has 1 amide bonds. The summed E-state index contributed by atoms with van der Waals surface area (Å²) in [5, 5.41) is 0.972. The first-order chi connectivity index (χ1) is 16.3. The molecule has 4 rings (SSSR count). The standard InChI is InChI=1S/C25H29ClFN5O2/c1-17(2)32(15-23-28-22-9-4-3-6-18(22)25(34)29-23)16-24(33)31-12-10-30(11-13-31)14-19-20(26)7-5-8-21(19)27/h3-9,17H,10-16H2,1-2H3,(H,28,29,34). The van der Waals surface area contributed by atoms with Crippen LogP contribution in [0.15, 0.2) is 47.3 Å². The molecule has 0 atom stereocenters. The maximum absolute atomic E-state index is 14.1. The molecule has 7 nitrogen and oxygen atoms in total. The van der Waals surface area contributed by atoms with Crippen LogP contribution in [0.1, 0.15) is 25.2 Å². The largest absolute Gasteiger partial charge is 0.339 e. The van der Waals surface area contributed by atoms with Gasteiger partial charge in [0, 0.05) is 49.4 Å². The van der Waals surface area contributed by atoms with Gasteiger partial charge >= 0.3 is 0 Å². The number of rotatable bonds is 7. The van der Waals surface area contributed by atoms with Crippen LogP contribution in [0.3, 0.4) is 0 Å². The highest BCUT2D eigenvalue weighted by atomic mass is 35.5. The van der Waals surface area contributed by atoms with Gasteiger partial charge in [0.05, 0.1) is 24.0 Å². The monoisotopic (exact) mass is 485 g/mol. The maximum atomic E-state index is 14.1. The normalized spacial score (nSPS) is 14.9. The number of H-pyrrole nitrogens is 1. The summed E-state index contributed by atoms with van der Waals surface area (Å²) in [5.41, 5.74) is 0.955. The van der Waals surface area contributed by atoms with Crippen LogP contribution in [0.5, 0.6) is 0 Å². The van der Waals surface area contributed by atoms with Crippen molar-refractivity contribution in [3.63, 3.8) is 0 Å². The van der Waals surface area contributed by atoms with Gasteiger partial charge in [0.2, 0.25) is 5.91 Å². The van der Waals surface area contributed by atoms with Crippen LogP contribution < -0.4 is 5.56 Å². The Hall–Kier alpha value is -2.81. The highest BCUT2D eigenvalue weighted by Gasteiger charge is 2.25. The van der Waals surface area contributed by atoms with Crippen LogP contribution in [-0.4, -0.2) is 69.3 Å². The summed E-state index contributed by atoms with van der Waals surface area (Å²) >= 11 is 6.16. The first kappa shape index (κ1) is 24.3. The first-order valence-corrected chi connectivity index (χ1v) is 11.8. The third kappa shape index (κ3) is 5.63. The number of hydrogen-bond acceptors (Lipinski definition) is 5. The SMILES string of the molecule is CC(C)N(CC(=O)N1CCN(Cc2c(F)cccc2Cl)CC1)Cc1nc2ccccc2c(=O)[nH]1. The summed E-state index contributed by atoms with van der Waals surface area (Å²) < 4.78 is 14.1. The van der Waals surface area contributed by atoms with Gasteiger partial charge in [0.1, 0.15) is 11.6 Å². The number of aromatic amines is 1. The van der Waals surface area contributed by atoms with Gasteiger partial charge in [-0.05, 0) is 38.1 Å². The summed E-state index contributed by atoms with van der Waals surface area (Å²) in [6, 6.07) is 12.0. The van der Waals surface area contributed by atoms with Crippen molar-refractivity contribution < 1.29 is 9.18 Å². The molecular weight excluding hydrogens is 457 g/mol. The van der Waals surface area contributed by atoms with Gasteiger partial charge in [-0.15, -0.1) is 0 Å². The molecule has 0 bridgehead atoms. The molecule has 0 aliphatic carbocycles. The second-order valence-corrected chi connectivity index (χ2v) is 9.29.